The van der Waals surface area contributed by atoms with Gasteiger partial charge >= 0.3 is 0 Å². The molecule has 1 aliphatic heterocycles. The summed E-state index contributed by atoms with van der Waals surface area (Å²) in [5.41, 5.74) is 0. The van der Waals surface area contributed by atoms with Crippen molar-refractivity contribution in [3.05, 3.63) is 11.7 Å². The van der Waals surface area contributed by atoms with E-state index in [1.807, 2.05) is 23.5 Å². The highest BCUT2D eigenvalue weighted by Gasteiger charge is 2.26. The van der Waals surface area contributed by atoms with Gasteiger partial charge in [0.15, 0.2) is 5.82 Å². The zero-order valence-electron chi connectivity index (χ0n) is 11.0. The number of hydrogen-bond acceptors (Lipinski definition) is 6. The van der Waals surface area contributed by atoms with Crippen LogP contribution in [-0.2, 0) is 6.42 Å². The molecule has 0 spiro atoms. The average molecular weight is 300 g/mol. The first kappa shape index (κ1) is 13.8. The van der Waals surface area contributed by atoms with Crippen LogP contribution < -0.4 is 0 Å². The van der Waals surface area contributed by atoms with Crippen LogP contribution in [-0.4, -0.2) is 38.6 Å². The van der Waals surface area contributed by atoms with Gasteiger partial charge in [0.05, 0.1) is 17.8 Å². The smallest absolute Gasteiger partial charge is 0.229 e. The lowest BCUT2D eigenvalue weighted by atomic mass is 9.98. The minimum atomic E-state index is -0.316. The van der Waals surface area contributed by atoms with Crippen molar-refractivity contribution in [2.75, 3.05) is 17.3 Å². The second-order valence-electron chi connectivity index (χ2n) is 5.30. The first-order chi connectivity index (χ1) is 9.33. The highest BCUT2D eigenvalue weighted by molar-refractivity contribution is 8.06. The third-order valence-corrected chi connectivity index (χ3v) is 6.67. The van der Waals surface area contributed by atoms with Crippen LogP contribution in [0.25, 0.3) is 0 Å². The van der Waals surface area contributed by atoms with E-state index in [0.717, 1.165) is 30.2 Å². The predicted molar refractivity (Wildman–Crippen MR) is 78.5 cm³/mol. The van der Waals surface area contributed by atoms with Crippen molar-refractivity contribution >= 4 is 23.5 Å². The van der Waals surface area contributed by atoms with Crippen molar-refractivity contribution in [3.63, 3.8) is 0 Å². The number of rotatable bonds is 4. The molecule has 1 N–H and O–H groups in total. The lowest BCUT2D eigenvalue weighted by Gasteiger charge is -2.17. The van der Waals surface area contributed by atoms with Gasteiger partial charge in [0.25, 0.3) is 0 Å². The fraction of sp³-hybridized carbons (Fsp3) is 0.846. The Balaban J connectivity index is 1.57. The third kappa shape index (κ3) is 3.47. The molecule has 0 bridgehead atoms. The molecule has 1 saturated carbocycles. The van der Waals surface area contributed by atoms with Crippen molar-refractivity contribution in [1.29, 1.82) is 0 Å². The van der Waals surface area contributed by atoms with Gasteiger partial charge in [-0.2, -0.15) is 16.7 Å². The Morgan fingerprint density at radius 3 is 2.89 bits per heavy atom. The van der Waals surface area contributed by atoms with E-state index in [1.54, 1.807) is 0 Å². The van der Waals surface area contributed by atoms with Crippen LogP contribution in [0.3, 0.4) is 0 Å². The monoisotopic (exact) mass is 300 g/mol. The molecule has 1 aliphatic carbocycles. The van der Waals surface area contributed by atoms with E-state index in [1.165, 1.54) is 18.6 Å². The Bertz CT molecular complexity index is 401. The Labute approximate surface area is 122 Å². The van der Waals surface area contributed by atoms with Gasteiger partial charge in [-0.25, -0.2) is 0 Å². The molecule has 2 atom stereocenters. The van der Waals surface area contributed by atoms with Crippen LogP contribution in [0.2, 0.25) is 0 Å². The molecule has 0 amide bonds. The van der Waals surface area contributed by atoms with Crippen molar-refractivity contribution in [2.24, 2.45) is 5.92 Å². The molecular weight excluding hydrogens is 280 g/mol. The minimum absolute atomic E-state index is 0.316. The summed E-state index contributed by atoms with van der Waals surface area (Å²) in [6.07, 6.45) is 4.96. The molecule has 19 heavy (non-hydrogen) atoms. The van der Waals surface area contributed by atoms with Crippen LogP contribution in [0.5, 0.6) is 0 Å². The summed E-state index contributed by atoms with van der Waals surface area (Å²) in [6.45, 7) is 0. The molecule has 106 valence electrons. The Morgan fingerprint density at radius 1 is 1.32 bits per heavy atom. The van der Waals surface area contributed by atoms with Gasteiger partial charge in [0.2, 0.25) is 5.89 Å². The maximum absolute atomic E-state index is 10.2. The molecule has 1 aromatic rings. The molecule has 1 saturated heterocycles. The molecule has 2 unspecified atom stereocenters. The number of nitrogens with zero attached hydrogens (tertiary/aromatic N) is 2. The maximum Gasteiger partial charge on any atom is 0.229 e. The lowest BCUT2D eigenvalue weighted by molar-refractivity contribution is 0.102. The van der Waals surface area contributed by atoms with Crippen LogP contribution in [0, 0.1) is 5.92 Å². The number of aliphatic hydroxyl groups excluding tert-OH is 1. The summed E-state index contributed by atoms with van der Waals surface area (Å²) >= 11 is 3.86. The summed E-state index contributed by atoms with van der Waals surface area (Å²) in [6, 6.07) is 0. The molecule has 0 aromatic carbocycles. The van der Waals surface area contributed by atoms with E-state index in [2.05, 4.69) is 10.1 Å². The molecule has 2 heterocycles. The fourth-order valence-corrected chi connectivity index (χ4v) is 5.40. The molecule has 2 aliphatic rings. The molecule has 0 radical (unpaired) electrons. The Kier molecular flexibility index (Phi) is 4.71. The first-order valence-corrected chi connectivity index (χ1v) is 9.23. The quantitative estimate of drug-likeness (QED) is 0.922. The highest BCUT2D eigenvalue weighted by Crippen LogP contribution is 2.35. The van der Waals surface area contributed by atoms with Crippen LogP contribution in [0.1, 0.15) is 42.6 Å². The fourth-order valence-electron chi connectivity index (χ4n) is 2.81. The van der Waals surface area contributed by atoms with E-state index >= 15 is 0 Å². The average Bonchev–Trinajstić information content (AvgIpc) is 3.11. The van der Waals surface area contributed by atoms with E-state index in [0.29, 0.717) is 23.5 Å². The van der Waals surface area contributed by atoms with Gasteiger partial charge in [-0.15, -0.1) is 11.8 Å². The number of thioether (sulfide) groups is 2. The Hall–Kier alpha value is -0.200. The molecule has 6 heteroatoms. The zero-order valence-corrected chi connectivity index (χ0v) is 12.6. The Morgan fingerprint density at radius 2 is 2.16 bits per heavy atom. The number of aromatic nitrogens is 2. The minimum Gasteiger partial charge on any atom is -0.392 e. The van der Waals surface area contributed by atoms with E-state index in [4.69, 9.17) is 4.52 Å². The number of aliphatic hydroxyl groups is 1. The first-order valence-electron chi connectivity index (χ1n) is 7.03. The second kappa shape index (κ2) is 6.50. The predicted octanol–water partition coefficient (Wildman–Crippen LogP) is 2.68. The summed E-state index contributed by atoms with van der Waals surface area (Å²) < 4.78 is 5.30. The molecule has 1 aromatic heterocycles. The van der Waals surface area contributed by atoms with E-state index in [-0.39, 0.29) is 6.10 Å². The summed E-state index contributed by atoms with van der Waals surface area (Å²) in [5, 5.41) is 14.6. The van der Waals surface area contributed by atoms with Gasteiger partial charge in [-0.05, 0) is 18.8 Å². The van der Waals surface area contributed by atoms with E-state index in [9.17, 15) is 5.11 Å². The maximum atomic E-state index is 10.2. The van der Waals surface area contributed by atoms with Crippen LogP contribution >= 0.6 is 23.5 Å². The van der Waals surface area contributed by atoms with E-state index < -0.39 is 0 Å². The van der Waals surface area contributed by atoms with Crippen molar-refractivity contribution in [3.8, 4) is 0 Å². The summed E-state index contributed by atoms with van der Waals surface area (Å²) in [7, 11) is 0. The lowest BCUT2D eigenvalue weighted by Crippen LogP contribution is -2.20. The second-order valence-corrected chi connectivity index (χ2v) is 7.76. The van der Waals surface area contributed by atoms with Crippen LogP contribution in [0.15, 0.2) is 4.52 Å². The van der Waals surface area contributed by atoms with Gasteiger partial charge in [0.1, 0.15) is 0 Å². The molecular formula is C13H20N2O2S2. The standard InChI is InChI=1S/C13H20N2O2S2/c16-10(9-3-1-2-4-9)7-12-14-13(15-17-12)11-8-18-5-6-19-11/h9-11,16H,1-8H2. The number of hydrogen-bond donors (Lipinski definition) is 1. The molecule has 4 nitrogen and oxygen atoms in total. The van der Waals surface area contributed by atoms with Crippen molar-refractivity contribution in [1.82, 2.24) is 10.1 Å². The highest BCUT2D eigenvalue weighted by atomic mass is 32.2. The largest absolute Gasteiger partial charge is 0.392 e. The van der Waals surface area contributed by atoms with Crippen molar-refractivity contribution in [2.45, 2.75) is 43.5 Å². The molecule has 3 rings (SSSR count). The summed E-state index contributed by atoms with van der Waals surface area (Å²) in [5.74, 6) is 5.27. The third-order valence-electron chi connectivity index (χ3n) is 3.92. The van der Waals surface area contributed by atoms with Gasteiger partial charge < -0.3 is 9.63 Å². The van der Waals surface area contributed by atoms with Gasteiger partial charge in [0, 0.05) is 17.3 Å². The van der Waals surface area contributed by atoms with Gasteiger partial charge in [-0.1, -0.05) is 18.0 Å². The topological polar surface area (TPSA) is 59.2 Å². The molecule has 2 fully saturated rings. The summed E-state index contributed by atoms with van der Waals surface area (Å²) in [4.78, 5) is 4.47. The normalized spacial score (nSPS) is 26.7. The van der Waals surface area contributed by atoms with Crippen molar-refractivity contribution < 1.29 is 9.63 Å². The SMILES string of the molecule is OC(Cc1nc(C2CSCCS2)no1)C1CCCC1. The zero-order chi connectivity index (χ0) is 13.1. The van der Waals surface area contributed by atoms with Gasteiger partial charge in [-0.3, -0.25) is 0 Å². The van der Waals surface area contributed by atoms with Crippen LogP contribution in [0.4, 0.5) is 0 Å².